The van der Waals surface area contributed by atoms with Gasteiger partial charge in [0, 0.05) is 12.6 Å². The summed E-state index contributed by atoms with van der Waals surface area (Å²) in [4.78, 5) is 13.8. The van der Waals surface area contributed by atoms with Crippen molar-refractivity contribution in [2.75, 3.05) is 24.6 Å². The number of carbonyl (C=O) groups is 1. The molecule has 1 aromatic carbocycles. The molecule has 0 aliphatic carbocycles. The number of para-hydroxylation sites is 2. The lowest BCUT2D eigenvalue weighted by molar-refractivity contribution is -0.121. The number of nitrogens with one attached hydrogen (secondary N) is 1. The van der Waals surface area contributed by atoms with Crippen molar-refractivity contribution in [3.8, 4) is 5.75 Å². The summed E-state index contributed by atoms with van der Waals surface area (Å²) in [5.41, 5.74) is 0.898. The molecular formula is C15H22N2O2. The van der Waals surface area contributed by atoms with Gasteiger partial charge in [0.1, 0.15) is 5.75 Å². The molecule has 1 aliphatic rings. The van der Waals surface area contributed by atoms with Crippen molar-refractivity contribution in [1.82, 2.24) is 5.32 Å². The lowest BCUT2D eigenvalue weighted by Gasteiger charge is -2.29. The summed E-state index contributed by atoms with van der Waals surface area (Å²) in [7, 11) is 0. The van der Waals surface area contributed by atoms with E-state index in [0.29, 0.717) is 6.04 Å². The number of rotatable bonds is 6. The molecule has 104 valence electrons. The van der Waals surface area contributed by atoms with E-state index in [2.05, 4.69) is 19.2 Å². The molecule has 1 atom stereocenters. The fourth-order valence-corrected chi connectivity index (χ4v) is 2.41. The highest BCUT2D eigenvalue weighted by molar-refractivity contribution is 5.97. The van der Waals surface area contributed by atoms with Crippen molar-refractivity contribution in [3.05, 3.63) is 24.3 Å². The first kappa shape index (κ1) is 13.9. The SMILES string of the molecule is CCNC(C)CCCN1C(=O)COc2ccccc21. The van der Waals surface area contributed by atoms with Crippen molar-refractivity contribution in [3.63, 3.8) is 0 Å². The Kier molecular flexibility index (Phi) is 4.80. The number of benzene rings is 1. The van der Waals surface area contributed by atoms with Crippen LogP contribution in [0.15, 0.2) is 24.3 Å². The van der Waals surface area contributed by atoms with Crippen LogP contribution in [-0.4, -0.2) is 31.6 Å². The molecule has 4 heteroatoms. The number of anilines is 1. The molecule has 1 heterocycles. The number of ether oxygens (including phenoxy) is 1. The summed E-state index contributed by atoms with van der Waals surface area (Å²) in [5.74, 6) is 0.858. The number of amides is 1. The van der Waals surface area contributed by atoms with Crippen molar-refractivity contribution in [1.29, 1.82) is 0 Å². The zero-order valence-electron chi connectivity index (χ0n) is 11.7. The van der Waals surface area contributed by atoms with Gasteiger partial charge in [-0.2, -0.15) is 0 Å². The van der Waals surface area contributed by atoms with Crippen molar-refractivity contribution >= 4 is 11.6 Å². The van der Waals surface area contributed by atoms with Crippen LogP contribution in [0.25, 0.3) is 0 Å². The number of nitrogens with zero attached hydrogens (tertiary/aromatic N) is 1. The molecule has 1 aromatic rings. The Morgan fingerprint density at radius 3 is 3.00 bits per heavy atom. The molecule has 2 rings (SSSR count). The van der Waals surface area contributed by atoms with Crippen LogP contribution < -0.4 is 15.0 Å². The predicted octanol–water partition coefficient (Wildman–Crippen LogP) is 2.19. The first-order chi connectivity index (χ1) is 9.22. The van der Waals surface area contributed by atoms with Crippen molar-refractivity contribution < 1.29 is 9.53 Å². The molecular weight excluding hydrogens is 240 g/mol. The summed E-state index contributed by atoms with van der Waals surface area (Å²) < 4.78 is 5.43. The molecule has 1 unspecified atom stereocenters. The van der Waals surface area contributed by atoms with E-state index in [4.69, 9.17) is 4.74 Å². The largest absolute Gasteiger partial charge is 0.482 e. The standard InChI is InChI=1S/C15H22N2O2/c1-3-16-12(2)7-6-10-17-13-8-4-5-9-14(13)19-11-15(17)18/h4-5,8-9,12,16H,3,6-7,10-11H2,1-2H3. The van der Waals surface area contributed by atoms with Gasteiger partial charge in [-0.25, -0.2) is 0 Å². The molecule has 0 saturated carbocycles. The maximum atomic E-state index is 11.9. The average molecular weight is 262 g/mol. The highest BCUT2D eigenvalue weighted by atomic mass is 16.5. The Balaban J connectivity index is 1.94. The van der Waals surface area contributed by atoms with Gasteiger partial charge in [0.05, 0.1) is 5.69 Å². The molecule has 1 amide bonds. The molecule has 0 saturated heterocycles. The maximum Gasteiger partial charge on any atom is 0.265 e. The predicted molar refractivity (Wildman–Crippen MR) is 76.7 cm³/mol. The van der Waals surface area contributed by atoms with Gasteiger partial charge in [0.2, 0.25) is 0 Å². The second-order valence-corrected chi connectivity index (χ2v) is 4.90. The van der Waals surface area contributed by atoms with E-state index in [1.807, 2.05) is 29.2 Å². The quantitative estimate of drug-likeness (QED) is 0.854. The van der Waals surface area contributed by atoms with Crippen LogP contribution in [0, 0.1) is 0 Å². The Morgan fingerprint density at radius 2 is 2.21 bits per heavy atom. The summed E-state index contributed by atoms with van der Waals surface area (Å²) >= 11 is 0. The fourth-order valence-electron chi connectivity index (χ4n) is 2.41. The van der Waals surface area contributed by atoms with Gasteiger partial charge < -0.3 is 15.0 Å². The summed E-state index contributed by atoms with van der Waals surface area (Å²) in [6.45, 7) is 6.19. The van der Waals surface area contributed by atoms with Crippen LogP contribution in [0.5, 0.6) is 5.75 Å². The second kappa shape index (κ2) is 6.57. The summed E-state index contributed by atoms with van der Waals surface area (Å²) in [5, 5.41) is 3.39. The molecule has 19 heavy (non-hydrogen) atoms. The number of fused-ring (bicyclic) bond motifs is 1. The normalized spacial score (nSPS) is 15.9. The van der Waals surface area contributed by atoms with E-state index < -0.39 is 0 Å². The first-order valence-electron chi connectivity index (χ1n) is 6.98. The van der Waals surface area contributed by atoms with Crippen LogP contribution in [0.4, 0.5) is 5.69 Å². The summed E-state index contributed by atoms with van der Waals surface area (Å²) in [6, 6.07) is 8.22. The zero-order chi connectivity index (χ0) is 13.7. The third-order valence-electron chi connectivity index (χ3n) is 3.38. The van der Waals surface area contributed by atoms with Gasteiger partial charge in [0.25, 0.3) is 5.91 Å². The highest BCUT2D eigenvalue weighted by Gasteiger charge is 2.24. The highest BCUT2D eigenvalue weighted by Crippen LogP contribution is 2.31. The van der Waals surface area contributed by atoms with Gasteiger partial charge in [-0.15, -0.1) is 0 Å². The minimum atomic E-state index is 0.0507. The van der Waals surface area contributed by atoms with Crippen LogP contribution in [0.1, 0.15) is 26.7 Å². The molecule has 0 spiro atoms. The van der Waals surface area contributed by atoms with Crippen molar-refractivity contribution in [2.45, 2.75) is 32.7 Å². The van der Waals surface area contributed by atoms with E-state index in [0.717, 1.165) is 37.4 Å². The minimum absolute atomic E-state index is 0.0507. The third kappa shape index (κ3) is 3.47. The Morgan fingerprint density at radius 1 is 1.42 bits per heavy atom. The third-order valence-corrected chi connectivity index (χ3v) is 3.38. The molecule has 1 N–H and O–H groups in total. The molecule has 0 aromatic heterocycles. The molecule has 0 radical (unpaired) electrons. The molecule has 0 bridgehead atoms. The monoisotopic (exact) mass is 262 g/mol. The van der Waals surface area contributed by atoms with Gasteiger partial charge in [-0.3, -0.25) is 4.79 Å². The van der Waals surface area contributed by atoms with Gasteiger partial charge in [0.15, 0.2) is 6.61 Å². The topological polar surface area (TPSA) is 41.6 Å². The van der Waals surface area contributed by atoms with Gasteiger partial charge in [-0.1, -0.05) is 19.1 Å². The van der Waals surface area contributed by atoms with Crippen molar-refractivity contribution in [2.24, 2.45) is 0 Å². The zero-order valence-corrected chi connectivity index (χ0v) is 11.7. The van der Waals surface area contributed by atoms with Crippen LogP contribution in [0.3, 0.4) is 0 Å². The fraction of sp³-hybridized carbons (Fsp3) is 0.533. The van der Waals surface area contributed by atoms with E-state index in [1.165, 1.54) is 0 Å². The van der Waals surface area contributed by atoms with Gasteiger partial charge in [-0.05, 0) is 38.4 Å². The average Bonchev–Trinajstić information content (AvgIpc) is 2.41. The lowest BCUT2D eigenvalue weighted by Crippen LogP contribution is -2.39. The number of hydrogen-bond donors (Lipinski definition) is 1. The van der Waals surface area contributed by atoms with Gasteiger partial charge >= 0.3 is 0 Å². The van der Waals surface area contributed by atoms with E-state index in [1.54, 1.807) is 0 Å². The van der Waals surface area contributed by atoms with Crippen LogP contribution >= 0.6 is 0 Å². The Labute approximate surface area is 114 Å². The summed E-state index contributed by atoms with van der Waals surface area (Å²) in [6.07, 6.45) is 2.06. The van der Waals surface area contributed by atoms with E-state index >= 15 is 0 Å². The van der Waals surface area contributed by atoms with Crippen LogP contribution in [0.2, 0.25) is 0 Å². The molecule has 1 aliphatic heterocycles. The maximum absolute atomic E-state index is 11.9. The first-order valence-corrected chi connectivity index (χ1v) is 6.98. The van der Waals surface area contributed by atoms with Crippen LogP contribution in [-0.2, 0) is 4.79 Å². The van der Waals surface area contributed by atoms with E-state index in [-0.39, 0.29) is 12.5 Å². The Bertz CT molecular complexity index is 434. The lowest BCUT2D eigenvalue weighted by atomic mass is 10.1. The number of carbonyl (C=O) groups excluding carboxylic acids is 1. The smallest absolute Gasteiger partial charge is 0.265 e. The Hall–Kier alpha value is -1.55. The number of hydrogen-bond acceptors (Lipinski definition) is 3. The van der Waals surface area contributed by atoms with E-state index in [9.17, 15) is 4.79 Å². The minimum Gasteiger partial charge on any atom is -0.482 e. The second-order valence-electron chi connectivity index (χ2n) is 4.90. The molecule has 4 nitrogen and oxygen atoms in total. The molecule has 0 fully saturated rings.